The highest BCUT2D eigenvalue weighted by Gasteiger charge is 2.34. The Morgan fingerprint density at radius 3 is 2.52 bits per heavy atom. The molecule has 0 amide bonds. The molecule has 1 aliphatic rings. The topological polar surface area (TPSA) is 63.8 Å². The highest BCUT2D eigenvalue weighted by molar-refractivity contribution is 5.42. The number of halogens is 3. The SMILES string of the molecule is CCC(Nc1cc(C(F)(F)F)nc(N)n1)C1CCCCC1. The average Bonchev–Trinajstić information content (AvgIpc) is 2.44. The second kappa shape index (κ2) is 6.49. The van der Waals surface area contributed by atoms with Crippen LogP contribution >= 0.6 is 0 Å². The number of hydrogen-bond acceptors (Lipinski definition) is 4. The quantitative estimate of drug-likeness (QED) is 0.886. The van der Waals surface area contributed by atoms with Gasteiger partial charge in [0.05, 0.1) is 0 Å². The monoisotopic (exact) mass is 302 g/mol. The summed E-state index contributed by atoms with van der Waals surface area (Å²) in [5, 5.41) is 3.12. The van der Waals surface area contributed by atoms with E-state index in [1.54, 1.807) is 0 Å². The van der Waals surface area contributed by atoms with Crippen LogP contribution in [0.1, 0.15) is 51.1 Å². The zero-order valence-corrected chi connectivity index (χ0v) is 12.1. The van der Waals surface area contributed by atoms with Crippen molar-refractivity contribution in [3.8, 4) is 0 Å². The minimum absolute atomic E-state index is 0.126. The largest absolute Gasteiger partial charge is 0.433 e. The van der Waals surface area contributed by atoms with Crippen molar-refractivity contribution < 1.29 is 13.2 Å². The molecular formula is C14H21F3N4. The van der Waals surface area contributed by atoms with Crippen molar-refractivity contribution in [2.24, 2.45) is 5.92 Å². The molecule has 4 nitrogen and oxygen atoms in total. The average molecular weight is 302 g/mol. The smallest absolute Gasteiger partial charge is 0.368 e. The van der Waals surface area contributed by atoms with E-state index in [1.807, 2.05) is 6.92 Å². The van der Waals surface area contributed by atoms with Gasteiger partial charge in [0.1, 0.15) is 5.82 Å². The Kier molecular flexibility index (Phi) is 4.90. The van der Waals surface area contributed by atoms with Crippen LogP contribution in [0.3, 0.4) is 0 Å². The van der Waals surface area contributed by atoms with Gasteiger partial charge < -0.3 is 11.1 Å². The first kappa shape index (κ1) is 15.9. The predicted molar refractivity (Wildman–Crippen MR) is 75.7 cm³/mol. The van der Waals surface area contributed by atoms with Crippen LogP contribution in [-0.4, -0.2) is 16.0 Å². The molecule has 1 heterocycles. The highest BCUT2D eigenvalue weighted by Crippen LogP contribution is 2.32. The van der Waals surface area contributed by atoms with Gasteiger partial charge in [-0.3, -0.25) is 0 Å². The molecule has 0 radical (unpaired) electrons. The summed E-state index contributed by atoms with van der Waals surface area (Å²) in [6.07, 6.45) is 2.16. The van der Waals surface area contributed by atoms with E-state index in [0.29, 0.717) is 5.92 Å². The Labute approximate surface area is 122 Å². The molecule has 3 N–H and O–H groups in total. The second-order valence-electron chi connectivity index (χ2n) is 5.55. The molecule has 21 heavy (non-hydrogen) atoms. The third kappa shape index (κ3) is 4.22. The van der Waals surface area contributed by atoms with Crippen LogP contribution in [0.2, 0.25) is 0 Å². The summed E-state index contributed by atoms with van der Waals surface area (Å²) in [4.78, 5) is 7.14. The summed E-state index contributed by atoms with van der Waals surface area (Å²) in [5.41, 5.74) is 4.39. The van der Waals surface area contributed by atoms with Crippen LogP contribution in [0.5, 0.6) is 0 Å². The molecule has 2 rings (SSSR count). The molecule has 1 aromatic heterocycles. The lowest BCUT2D eigenvalue weighted by Crippen LogP contribution is -2.30. The Balaban J connectivity index is 2.15. The van der Waals surface area contributed by atoms with Gasteiger partial charge in [0.2, 0.25) is 5.95 Å². The molecule has 1 aromatic rings. The molecule has 1 unspecified atom stereocenters. The molecule has 1 aliphatic carbocycles. The van der Waals surface area contributed by atoms with Crippen molar-refractivity contribution in [3.05, 3.63) is 11.8 Å². The maximum atomic E-state index is 12.7. The minimum Gasteiger partial charge on any atom is -0.368 e. The molecule has 1 fully saturated rings. The summed E-state index contributed by atoms with van der Waals surface area (Å²) in [6.45, 7) is 2.03. The van der Waals surface area contributed by atoms with E-state index < -0.39 is 11.9 Å². The molecule has 0 spiro atoms. The Morgan fingerprint density at radius 2 is 1.95 bits per heavy atom. The third-order valence-corrected chi connectivity index (χ3v) is 4.03. The maximum Gasteiger partial charge on any atom is 0.433 e. The van der Waals surface area contributed by atoms with Crippen LogP contribution in [0.15, 0.2) is 6.07 Å². The third-order valence-electron chi connectivity index (χ3n) is 4.03. The van der Waals surface area contributed by atoms with Crippen LogP contribution in [0.25, 0.3) is 0 Å². The van der Waals surface area contributed by atoms with Crippen LogP contribution < -0.4 is 11.1 Å². The fourth-order valence-corrected chi connectivity index (χ4v) is 2.96. The fourth-order valence-electron chi connectivity index (χ4n) is 2.96. The number of rotatable bonds is 4. The molecule has 7 heteroatoms. The first-order valence-corrected chi connectivity index (χ1v) is 7.38. The molecule has 0 saturated heterocycles. The number of alkyl halides is 3. The normalized spacial score (nSPS) is 18.5. The van der Waals surface area contributed by atoms with Gasteiger partial charge in [-0.1, -0.05) is 26.2 Å². The summed E-state index contributed by atoms with van der Waals surface area (Å²) in [6, 6.07) is 1.06. The number of nitrogens with zero attached hydrogens (tertiary/aromatic N) is 2. The summed E-state index contributed by atoms with van der Waals surface area (Å²) in [5.74, 6) is 0.285. The second-order valence-corrected chi connectivity index (χ2v) is 5.55. The van der Waals surface area contributed by atoms with Gasteiger partial charge >= 0.3 is 6.18 Å². The van der Waals surface area contributed by atoms with Crippen molar-refractivity contribution in [1.82, 2.24) is 9.97 Å². The number of aromatic nitrogens is 2. The van der Waals surface area contributed by atoms with Crippen molar-refractivity contribution in [2.75, 3.05) is 11.1 Å². The Hall–Kier alpha value is -1.53. The summed E-state index contributed by atoms with van der Waals surface area (Å²) < 4.78 is 38.2. The highest BCUT2D eigenvalue weighted by atomic mass is 19.4. The predicted octanol–water partition coefficient (Wildman–Crippen LogP) is 3.85. The van der Waals surface area contributed by atoms with Gasteiger partial charge in [-0.15, -0.1) is 0 Å². The number of nitrogens with one attached hydrogen (secondary N) is 1. The molecule has 1 saturated carbocycles. The number of nitrogen functional groups attached to an aromatic ring is 1. The zero-order valence-electron chi connectivity index (χ0n) is 12.1. The van der Waals surface area contributed by atoms with E-state index in [-0.39, 0.29) is 17.8 Å². The van der Waals surface area contributed by atoms with E-state index in [4.69, 9.17) is 5.73 Å². The lowest BCUT2D eigenvalue weighted by Gasteiger charge is -2.30. The van der Waals surface area contributed by atoms with Gasteiger partial charge in [-0.2, -0.15) is 18.2 Å². The van der Waals surface area contributed by atoms with Gasteiger partial charge in [0.15, 0.2) is 5.69 Å². The first-order chi connectivity index (χ1) is 9.90. The van der Waals surface area contributed by atoms with E-state index in [1.165, 1.54) is 19.3 Å². The van der Waals surface area contributed by atoms with E-state index in [0.717, 1.165) is 25.3 Å². The van der Waals surface area contributed by atoms with Crippen LogP contribution in [-0.2, 0) is 6.18 Å². The maximum absolute atomic E-state index is 12.7. The fraction of sp³-hybridized carbons (Fsp3) is 0.714. The van der Waals surface area contributed by atoms with Gasteiger partial charge in [-0.05, 0) is 25.2 Å². The van der Waals surface area contributed by atoms with Crippen molar-refractivity contribution in [1.29, 1.82) is 0 Å². The molecule has 0 aromatic carbocycles. The Bertz CT molecular complexity index is 470. The van der Waals surface area contributed by atoms with Crippen LogP contribution in [0, 0.1) is 5.92 Å². The zero-order chi connectivity index (χ0) is 15.5. The lowest BCUT2D eigenvalue weighted by molar-refractivity contribution is -0.141. The molecule has 0 bridgehead atoms. The lowest BCUT2D eigenvalue weighted by atomic mass is 9.83. The van der Waals surface area contributed by atoms with Gasteiger partial charge in [0.25, 0.3) is 0 Å². The van der Waals surface area contributed by atoms with Crippen molar-refractivity contribution in [3.63, 3.8) is 0 Å². The van der Waals surface area contributed by atoms with E-state index in [2.05, 4.69) is 15.3 Å². The molecular weight excluding hydrogens is 281 g/mol. The number of anilines is 2. The first-order valence-electron chi connectivity index (χ1n) is 7.38. The van der Waals surface area contributed by atoms with Crippen molar-refractivity contribution in [2.45, 2.75) is 57.7 Å². The minimum atomic E-state index is -4.51. The van der Waals surface area contributed by atoms with Crippen molar-refractivity contribution >= 4 is 11.8 Å². The molecule has 0 aliphatic heterocycles. The van der Waals surface area contributed by atoms with Gasteiger partial charge in [-0.25, -0.2) is 4.98 Å². The number of nitrogens with two attached hydrogens (primary N) is 1. The standard InChI is InChI=1S/C14H21F3N4/c1-2-10(9-6-4-3-5-7-9)19-12-8-11(14(15,16)17)20-13(18)21-12/h8-10H,2-7H2,1H3,(H3,18,19,20,21). The van der Waals surface area contributed by atoms with Crippen LogP contribution in [0.4, 0.5) is 24.9 Å². The number of hydrogen-bond donors (Lipinski definition) is 2. The summed E-state index contributed by atoms with van der Waals surface area (Å²) in [7, 11) is 0. The van der Waals surface area contributed by atoms with E-state index >= 15 is 0 Å². The summed E-state index contributed by atoms with van der Waals surface area (Å²) >= 11 is 0. The molecule has 1 atom stereocenters. The van der Waals surface area contributed by atoms with E-state index in [9.17, 15) is 13.2 Å². The Morgan fingerprint density at radius 1 is 1.29 bits per heavy atom. The molecule has 118 valence electrons. The van der Waals surface area contributed by atoms with Gasteiger partial charge in [0, 0.05) is 12.1 Å².